The molecule has 0 heterocycles. The standard InChI is InChI=1S/C8H14O3/c1-2-5-10-7-8-11-6-3-4-9/h1,9H,3-8H2. The van der Waals surface area contributed by atoms with Crippen molar-refractivity contribution in [1.82, 2.24) is 0 Å². The minimum absolute atomic E-state index is 0.172. The lowest BCUT2D eigenvalue weighted by Crippen LogP contribution is -2.06. The lowest BCUT2D eigenvalue weighted by Gasteiger charge is -2.01. The number of hydrogen-bond donors (Lipinski definition) is 1. The molecule has 0 aromatic rings. The first-order valence-corrected chi connectivity index (χ1v) is 3.61. The molecule has 0 saturated carbocycles. The van der Waals surface area contributed by atoms with Crippen molar-refractivity contribution in [2.24, 2.45) is 0 Å². The van der Waals surface area contributed by atoms with E-state index in [0.29, 0.717) is 32.8 Å². The summed E-state index contributed by atoms with van der Waals surface area (Å²) in [6.07, 6.45) is 5.62. The number of hydrogen-bond acceptors (Lipinski definition) is 3. The summed E-state index contributed by atoms with van der Waals surface area (Å²) in [4.78, 5) is 0. The van der Waals surface area contributed by atoms with E-state index in [0.717, 1.165) is 0 Å². The highest BCUT2D eigenvalue weighted by atomic mass is 16.5. The molecule has 0 aromatic carbocycles. The Balaban J connectivity index is 2.75. The number of rotatable bonds is 7. The van der Waals surface area contributed by atoms with Crippen molar-refractivity contribution in [2.45, 2.75) is 6.42 Å². The number of ether oxygens (including phenoxy) is 2. The first-order chi connectivity index (χ1) is 5.41. The number of terminal acetylenes is 1. The van der Waals surface area contributed by atoms with Crippen LogP contribution in [0.1, 0.15) is 6.42 Å². The van der Waals surface area contributed by atoms with E-state index in [-0.39, 0.29) is 6.61 Å². The SMILES string of the molecule is C#CCOCCOCCCO. The largest absolute Gasteiger partial charge is 0.396 e. The molecule has 0 radical (unpaired) electrons. The van der Waals surface area contributed by atoms with Gasteiger partial charge in [0, 0.05) is 13.2 Å². The summed E-state index contributed by atoms with van der Waals surface area (Å²) in [6, 6.07) is 0. The Morgan fingerprint density at radius 1 is 1.18 bits per heavy atom. The molecule has 0 aliphatic rings. The fraction of sp³-hybridized carbons (Fsp3) is 0.750. The van der Waals surface area contributed by atoms with Gasteiger partial charge in [-0.05, 0) is 6.42 Å². The Bertz CT molecular complexity index is 106. The highest BCUT2D eigenvalue weighted by Gasteiger charge is 1.87. The van der Waals surface area contributed by atoms with Gasteiger partial charge in [0.05, 0.1) is 13.2 Å². The van der Waals surface area contributed by atoms with Crippen molar-refractivity contribution < 1.29 is 14.6 Å². The Kier molecular flexibility index (Phi) is 8.96. The molecule has 0 amide bonds. The minimum atomic E-state index is 0.172. The van der Waals surface area contributed by atoms with Gasteiger partial charge in [-0.15, -0.1) is 6.42 Å². The van der Waals surface area contributed by atoms with Gasteiger partial charge >= 0.3 is 0 Å². The first-order valence-electron chi connectivity index (χ1n) is 3.61. The Morgan fingerprint density at radius 2 is 1.91 bits per heavy atom. The van der Waals surface area contributed by atoms with E-state index in [1.165, 1.54) is 0 Å². The molecule has 0 aliphatic heterocycles. The van der Waals surface area contributed by atoms with Crippen LogP contribution >= 0.6 is 0 Å². The van der Waals surface area contributed by atoms with Gasteiger partial charge in [0.25, 0.3) is 0 Å². The molecule has 3 heteroatoms. The average molecular weight is 158 g/mol. The van der Waals surface area contributed by atoms with Crippen LogP contribution in [0, 0.1) is 12.3 Å². The maximum Gasteiger partial charge on any atom is 0.107 e. The topological polar surface area (TPSA) is 38.7 Å². The van der Waals surface area contributed by atoms with E-state index in [1.54, 1.807) is 0 Å². The van der Waals surface area contributed by atoms with Gasteiger partial charge in [0.2, 0.25) is 0 Å². The Morgan fingerprint density at radius 3 is 2.55 bits per heavy atom. The van der Waals surface area contributed by atoms with Crippen molar-refractivity contribution in [3.8, 4) is 12.3 Å². The Labute approximate surface area is 67.3 Å². The molecular formula is C8H14O3. The lowest BCUT2D eigenvalue weighted by molar-refractivity contribution is 0.0537. The maximum atomic E-state index is 8.37. The van der Waals surface area contributed by atoms with Gasteiger partial charge in [0.1, 0.15) is 6.61 Å². The van der Waals surface area contributed by atoms with Crippen LogP contribution in [0.4, 0.5) is 0 Å². The summed E-state index contributed by atoms with van der Waals surface area (Å²) in [5.41, 5.74) is 0. The summed E-state index contributed by atoms with van der Waals surface area (Å²) < 4.78 is 10.0. The summed E-state index contributed by atoms with van der Waals surface area (Å²) in [5, 5.41) is 8.37. The quantitative estimate of drug-likeness (QED) is 0.420. The molecule has 0 fully saturated rings. The predicted molar refractivity (Wildman–Crippen MR) is 42.2 cm³/mol. The predicted octanol–water partition coefficient (Wildman–Crippen LogP) is 0.0352. The van der Waals surface area contributed by atoms with Crippen molar-refractivity contribution in [1.29, 1.82) is 0 Å². The maximum absolute atomic E-state index is 8.37. The monoisotopic (exact) mass is 158 g/mol. The zero-order chi connectivity index (χ0) is 8.36. The molecule has 0 bridgehead atoms. The van der Waals surface area contributed by atoms with Crippen molar-refractivity contribution in [2.75, 3.05) is 33.0 Å². The zero-order valence-corrected chi connectivity index (χ0v) is 6.58. The van der Waals surface area contributed by atoms with Gasteiger partial charge in [0.15, 0.2) is 0 Å². The second kappa shape index (κ2) is 9.44. The first kappa shape index (κ1) is 10.4. The molecule has 0 spiro atoms. The molecular weight excluding hydrogens is 144 g/mol. The fourth-order valence-electron chi connectivity index (χ4n) is 0.518. The molecule has 0 rings (SSSR count). The van der Waals surface area contributed by atoms with Crippen LogP contribution in [0.3, 0.4) is 0 Å². The second-order valence-electron chi connectivity index (χ2n) is 1.95. The number of aliphatic hydroxyl groups is 1. The van der Waals surface area contributed by atoms with Crippen LogP contribution in [0.25, 0.3) is 0 Å². The van der Waals surface area contributed by atoms with Gasteiger partial charge < -0.3 is 14.6 Å². The van der Waals surface area contributed by atoms with Gasteiger partial charge in [-0.1, -0.05) is 5.92 Å². The molecule has 1 N–H and O–H groups in total. The van der Waals surface area contributed by atoms with Crippen LogP contribution in [-0.4, -0.2) is 38.1 Å². The highest BCUT2D eigenvalue weighted by Crippen LogP contribution is 1.81. The third-order valence-electron chi connectivity index (χ3n) is 1.00. The van der Waals surface area contributed by atoms with Gasteiger partial charge in [-0.2, -0.15) is 0 Å². The van der Waals surface area contributed by atoms with Crippen LogP contribution < -0.4 is 0 Å². The molecule has 3 nitrogen and oxygen atoms in total. The van der Waals surface area contributed by atoms with Crippen LogP contribution in [0.5, 0.6) is 0 Å². The van der Waals surface area contributed by atoms with Crippen molar-refractivity contribution >= 4 is 0 Å². The van der Waals surface area contributed by atoms with Crippen LogP contribution in [0.2, 0.25) is 0 Å². The van der Waals surface area contributed by atoms with E-state index in [4.69, 9.17) is 21.0 Å². The van der Waals surface area contributed by atoms with E-state index >= 15 is 0 Å². The highest BCUT2D eigenvalue weighted by molar-refractivity contribution is 4.82. The number of aliphatic hydroxyl groups excluding tert-OH is 1. The normalized spacial score (nSPS) is 9.45. The van der Waals surface area contributed by atoms with Gasteiger partial charge in [-0.3, -0.25) is 0 Å². The molecule has 0 saturated heterocycles. The van der Waals surface area contributed by atoms with Crippen LogP contribution in [-0.2, 0) is 9.47 Å². The smallest absolute Gasteiger partial charge is 0.107 e. The summed E-state index contributed by atoms with van der Waals surface area (Å²) in [6.45, 7) is 2.15. The van der Waals surface area contributed by atoms with Crippen molar-refractivity contribution in [3.05, 3.63) is 0 Å². The molecule has 64 valence electrons. The molecule has 0 atom stereocenters. The summed E-state index contributed by atoms with van der Waals surface area (Å²) >= 11 is 0. The average Bonchev–Trinajstić information content (AvgIpc) is 2.03. The van der Waals surface area contributed by atoms with Gasteiger partial charge in [-0.25, -0.2) is 0 Å². The third-order valence-corrected chi connectivity index (χ3v) is 1.00. The lowest BCUT2D eigenvalue weighted by atomic mass is 10.5. The summed E-state index contributed by atoms with van der Waals surface area (Å²) in [5.74, 6) is 2.35. The minimum Gasteiger partial charge on any atom is -0.396 e. The fourth-order valence-corrected chi connectivity index (χ4v) is 0.518. The van der Waals surface area contributed by atoms with E-state index < -0.39 is 0 Å². The molecule has 0 unspecified atom stereocenters. The van der Waals surface area contributed by atoms with E-state index in [2.05, 4.69) is 5.92 Å². The second-order valence-corrected chi connectivity index (χ2v) is 1.95. The molecule has 0 aliphatic carbocycles. The summed E-state index contributed by atoms with van der Waals surface area (Å²) in [7, 11) is 0. The van der Waals surface area contributed by atoms with Crippen LogP contribution in [0.15, 0.2) is 0 Å². The zero-order valence-electron chi connectivity index (χ0n) is 6.58. The van der Waals surface area contributed by atoms with Crippen molar-refractivity contribution in [3.63, 3.8) is 0 Å². The molecule has 11 heavy (non-hydrogen) atoms. The Hall–Kier alpha value is -0.560. The third kappa shape index (κ3) is 9.44. The van der Waals surface area contributed by atoms with E-state index in [1.807, 2.05) is 0 Å². The molecule has 0 aromatic heterocycles. The van der Waals surface area contributed by atoms with E-state index in [9.17, 15) is 0 Å².